The van der Waals surface area contributed by atoms with Crippen molar-refractivity contribution in [1.29, 1.82) is 0 Å². The molecule has 1 aromatic heterocycles. The van der Waals surface area contributed by atoms with E-state index in [-0.39, 0.29) is 30.7 Å². The summed E-state index contributed by atoms with van der Waals surface area (Å²) in [6.45, 7) is 2.20. The van der Waals surface area contributed by atoms with Gasteiger partial charge in [-0.3, -0.25) is 9.78 Å². The maximum atomic E-state index is 13.1. The smallest absolute Gasteiger partial charge is 0.338 e. The number of pyridine rings is 1. The Hall–Kier alpha value is -2.67. The summed E-state index contributed by atoms with van der Waals surface area (Å²) in [7, 11) is 0. The number of carbonyl (C=O) groups is 2. The Balaban J connectivity index is 1.60. The normalized spacial score (nSPS) is 32.1. The first-order valence-corrected chi connectivity index (χ1v) is 9.25. The number of rotatable bonds is 1. The highest BCUT2D eigenvalue weighted by Gasteiger charge is 2.59. The van der Waals surface area contributed by atoms with Crippen LogP contribution in [0.4, 0.5) is 0 Å². The van der Waals surface area contributed by atoms with Crippen LogP contribution >= 0.6 is 0 Å². The number of amides is 1. The molecule has 0 spiro atoms. The van der Waals surface area contributed by atoms with E-state index in [2.05, 4.69) is 0 Å². The maximum Gasteiger partial charge on any atom is 0.338 e. The van der Waals surface area contributed by atoms with E-state index in [1.165, 1.54) is 0 Å². The van der Waals surface area contributed by atoms with Crippen LogP contribution in [0, 0.1) is 11.8 Å². The van der Waals surface area contributed by atoms with Gasteiger partial charge in [-0.05, 0) is 42.7 Å². The SMILES string of the molecule is CC[C@@]1(O)C(=O)OCC2C(=O)N3Cc4cc5cc(O)ccc5nc4C3CC21. The highest BCUT2D eigenvalue weighted by Crippen LogP contribution is 2.50. The molecule has 0 bridgehead atoms. The first kappa shape index (κ1) is 16.5. The lowest BCUT2D eigenvalue weighted by molar-refractivity contribution is -0.202. The number of cyclic esters (lactones) is 1. The summed E-state index contributed by atoms with van der Waals surface area (Å²) in [5, 5.41) is 21.5. The molecule has 1 aromatic carbocycles. The summed E-state index contributed by atoms with van der Waals surface area (Å²) in [5.74, 6) is -1.55. The van der Waals surface area contributed by atoms with Crippen molar-refractivity contribution in [3.63, 3.8) is 0 Å². The number of esters is 1. The van der Waals surface area contributed by atoms with E-state index in [4.69, 9.17) is 9.72 Å². The lowest BCUT2D eigenvalue weighted by atomic mass is 9.69. The average molecular weight is 368 g/mol. The third kappa shape index (κ3) is 2.15. The molecule has 0 radical (unpaired) electrons. The Morgan fingerprint density at radius 1 is 1.33 bits per heavy atom. The van der Waals surface area contributed by atoms with Gasteiger partial charge in [0, 0.05) is 17.8 Å². The molecule has 27 heavy (non-hydrogen) atoms. The summed E-state index contributed by atoms with van der Waals surface area (Å²) in [5.41, 5.74) is 0.877. The summed E-state index contributed by atoms with van der Waals surface area (Å²) in [4.78, 5) is 31.9. The van der Waals surface area contributed by atoms with Crippen LogP contribution in [0.2, 0.25) is 0 Å². The number of aromatic nitrogens is 1. The number of ether oxygens (including phenoxy) is 1. The predicted molar refractivity (Wildman–Crippen MR) is 94.5 cm³/mol. The monoisotopic (exact) mass is 368 g/mol. The molecule has 3 unspecified atom stereocenters. The minimum atomic E-state index is -1.63. The molecule has 0 saturated carbocycles. The van der Waals surface area contributed by atoms with E-state index in [1.54, 1.807) is 30.0 Å². The molecule has 1 amide bonds. The summed E-state index contributed by atoms with van der Waals surface area (Å²) in [6, 6.07) is 6.70. The minimum Gasteiger partial charge on any atom is -0.508 e. The lowest BCUT2D eigenvalue weighted by Crippen LogP contribution is -2.61. The number of phenolic OH excluding ortho intramolecular Hbond substituents is 1. The summed E-state index contributed by atoms with van der Waals surface area (Å²) in [6.07, 6.45) is 0.698. The Morgan fingerprint density at radius 2 is 2.15 bits per heavy atom. The van der Waals surface area contributed by atoms with Crippen molar-refractivity contribution in [2.75, 3.05) is 6.61 Å². The topological polar surface area (TPSA) is 100.0 Å². The van der Waals surface area contributed by atoms with Crippen molar-refractivity contribution in [2.45, 2.75) is 38.0 Å². The number of hydrogen-bond acceptors (Lipinski definition) is 6. The number of carbonyl (C=O) groups excluding carboxylic acids is 2. The molecule has 4 atom stereocenters. The molecule has 7 heteroatoms. The van der Waals surface area contributed by atoms with E-state index in [0.29, 0.717) is 13.0 Å². The third-order valence-corrected chi connectivity index (χ3v) is 6.41. The van der Waals surface area contributed by atoms with Gasteiger partial charge in [-0.15, -0.1) is 0 Å². The molecule has 2 fully saturated rings. The van der Waals surface area contributed by atoms with Crippen LogP contribution in [0.25, 0.3) is 10.9 Å². The fourth-order valence-corrected chi connectivity index (χ4v) is 4.90. The van der Waals surface area contributed by atoms with Gasteiger partial charge in [0.15, 0.2) is 5.60 Å². The lowest BCUT2D eigenvalue weighted by Gasteiger charge is -2.48. The zero-order chi connectivity index (χ0) is 18.9. The molecule has 4 heterocycles. The van der Waals surface area contributed by atoms with Crippen molar-refractivity contribution in [2.24, 2.45) is 11.8 Å². The van der Waals surface area contributed by atoms with E-state index in [1.807, 2.05) is 6.07 Å². The van der Waals surface area contributed by atoms with Gasteiger partial charge in [0.2, 0.25) is 5.91 Å². The van der Waals surface area contributed by atoms with Crippen molar-refractivity contribution in [3.8, 4) is 5.75 Å². The van der Waals surface area contributed by atoms with Crippen LogP contribution in [-0.4, -0.2) is 44.2 Å². The standard InChI is InChI=1S/C20H20N2O5/c1-2-20(26)14-7-16-17-11(5-10-6-12(23)3-4-15(10)21-17)8-22(16)18(24)13(14)9-27-19(20)25/h3-6,13-14,16,23,26H,2,7-9H2,1H3/t13?,14?,16?,20-/m0/s1. The average Bonchev–Trinajstić information content (AvgIpc) is 3.01. The second-order valence-corrected chi connectivity index (χ2v) is 7.72. The largest absolute Gasteiger partial charge is 0.508 e. The van der Waals surface area contributed by atoms with Crippen LogP contribution in [-0.2, 0) is 20.9 Å². The van der Waals surface area contributed by atoms with Gasteiger partial charge in [0.25, 0.3) is 0 Å². The third-order valence-electron chi connectivity index (χ3n) is 6.41. The number of nitrogens with zero attached hydrogens (tertiary/aromatic N) is 2. The van der Waals surface area contributed by atoms with Gasteiger partial charge in [0.05, 0.1) is 23.2 Å². The van der Waals surface area contributed by atoms with E-state index in [0.717, 1.165) is 22.2 Å². The fourth-order valence-electron chi connectivity index (χ4n) is 4.90. The second-order valence-electron chi connectivity index (χ2n) is 7.72. The zero-order valence-electron chi connectivity index (χ0n) is 14.9. The van der Waals surface area contributed by atoms with E-state index in [9.17, 15) is 19.8 Å². The Labute approximate surface area is 155 Å². The van der Waals surface area contributed by atoms with Crippen molar-refractivity contribution in [3.05, 3.63) is 35.5 Å². The van der Waals surface area contributed by atoms with Crippen LogP contribution in [0.5, 0.6) is 5.75 Å². The molecule has 2 N–H and O–H groups in total. The van der Waals surface area contributed by atoms with Crippen molar-refractivity contribution >= 4 is 22.8 Å². The first-order chi connectivity index (χ1) is 12.9. The fraction of sp³-hybridized carbons (Fsp3) is 0.450. The number of fused-ring (bicyclic) bond motifs is 5. The quantitative estimate of drug-likeness (QED) is 0.743. The Kier molecular flexibility index (Phi) is 3.31. The van der Waals surface area contributed by atoms with Crippen molar-refractivity contribution in [1.82, 2.24) is 9.88 Å². The number of aromatic hydroxyl groups is 1. The van der Waals surface area contributed by atoms with Gasteiger partial charge in [0.1, 0.15) is 12.4 Å². The predicted octanol–water partition coefficient (Wildman–Crippen LogP) is 1.66. The summed E-state index contributed by atoms with van der Waals surface area (Å²) < 4.78 is 5.15. The van der Waals surface area contributed by atoms with Gasteiger partial charge in [-0.1, -0.05) is 6.92 Å². The number of benzene rings is 1. The van der Waals surface area contributed by atoms with Crippen LogP contribution in [0.1, 0.15) is 37.1 Å². The number of piperidine rings is 1. The summed E-state index contributed by atoms with van der Waals surface area (Å²) >= 11 is 0. The number of hydrogen-bond donors (Lipinski definition) is 2. The van der Waals surface area contributed by atoms with Crippen LogP contribution in [0.3, 0.4) is 0 Å². The van der Waals surface area contributed by atoms with Crippen LogP contribution in [0.15, 0.2) is 24.3 Å². The van der Waals surface area contributed by atoms with Gasteiger partial charge < -0.3 is 19.8 Å². The zero-order valence-corrected chi connectivity index (χ0v) is 14.9. The van der Waals surface area contributed by atoms with Crippen molar-refractivity contribution < 1.29 is 24.5 Å². The molecule has 0 aliphatic carbocycles. The van der Waals surface area contributed by atoms with Crippen LogP contribution < -0.4 is 0 Å². The number of phenols is 1. The first-order valence-electron chi connectivity index (χ1n) is 9.25. The van der Waals surface area contributed by atoms with E-state index >= 15 is 0 Å². The molecule has 2 aromatic rings. The van der Waals surface area contributed by atoms with E-state index < -0.39 is 23.4 Å². The molecule has 140 valence electrons. The van der Waals surface area contributed by atoms with Gasteiger partial charge >= 0.3 is 5.97 Å². The molecule has 3 aliphatic rings. The molecular formula is C20H20N2O5. The Morgan fingerprint density at radius 3 is 2.93 bits per heavy atom. The molecule has 3 aliphatic heterocycles. The molecule has 2 saturated heterocycles. The van der Waals surface area contributed by atoms with Gasteiger partial charge in [-0.25, -0.2) is 4.79 Å². The van der Waals surface area contributed by atoms with Gasteiger partial charge in [-0.2, -0.15) is 0 Å². The highest BCUT2D eigenvalue weighted by atomic mass is 16.6. The molecular weight excluding hydrogens is 348 g/mol. The Bertz CT molecular complexity index is 990. The highest BCUT2D eigenvalue weighted by molar-refractivity contribution is 5.88. The number of aliphatic hydroxyl groups is 1. The molecule has 5 rings (SSSR count). The minimum absolute atomic E-state index is 0.0213. The second kappa shape index (κ2) is 5.42. The maximum absolute atomic E-state index is 13.1. The molecule has 7 nitrogen and oxygen atoms in total.